The van der Waals surface area contributed by atoms with Gasteiger partial charge in [0.05, 0.1) is 29.6 Å². The lowest BCUT2D eigenvalue weighted by Gasteiger charge is -2.37. The lowest BCUT2D eigenvalue weighted by molar-refractivity contribution is -0.384. The van der Waals surface area contributed by atoms with E-state index in [0.29, 0.717) is 30.8 Å². The van der Waals surface area contributed by atoms with Crippen LogP contribution in [0.15, 0.2) is 82.4 Å². The molecule has 0 saturated carbocycles. The van der Waals surface area contributed by atoms with E-state index in [1.54, 1.807) is 47.4 Å². The Balaban J connectivity index is 1.55. The second kappa shape index (κ2) is 16.0. The molecule has 2 heterocycles. The fourth-order valence-electron chi connectivity index (χ4n) is 6.34. The molecule has 0 unspecified atom stereocenters. The van der Waals surface area contributed by atoms with E-state index in [4.69, 9.17) is 0 Å². The summed E-state index contributed by atoms with van der Waals surface area (Å²) in [5.74, 6) is -1.18. The molecule has 1 aliphatic rings. The van der Waals surface area contributed by atoms with Gasteiger partial charge in [0.1, 0.15) is 11.5 Å². The van der Waals surface area contributed by atoms with Crippen LogP contribution >= 0.6 is 7.94 Å². The van der Waals surface area contributed by atoms with Crippen molar-refractivity contribution < 1.29 is 37.2 Å². The van der Waals surface area contributed by atoms with Crippen molar-refractivity contribution in [3.05, 3.63) is 138 Å². The second-order valence-electron chi connectivity index (χ2n) is 12.5. The summed E-state index contributed by atoms with van der Waals surface area (Å²) < 4.78 is 59.1. The lowest BCUT2D eigenvalue weighted by atomic mass is 10.1. The average molecular weight is 750 g/mol. The van der Waals surface area contributed by atoms with E-state index in [1.165, 1.54) is 19.1 Å². The number of nitrogens with one attached hydrogen (secondary N) is 1. The number of non-ortho nitro benzene ring substituents is 1. The van der Waals surface area contributed by atoms with Gasteiger partial charge in [-0.2, -0.15) is 27.9 Å². The molecule has 18 heteroatoms. The minimum absolute atomic E-state index is 0.0365. The van der Waals surface area contributed by atoms with E-state index in [-0.39, 0.29) is 43.2 Å². The molecule has 1 saturated heterocycles. The van der Waals surface area contributed by atoms with Crippen LogP contribution in [-0.2, 0) is 25.8 Å². The number of nitrogens with zero attached hydrogens (tertiary/aromatic N) is 5. The van der Waals surface area contributed by atoms with Gasteiger partial charge < -0.3 is 10.2 Å². The minimum atomic E-state index is -4.94. The number of alkyl halides is 3. The predicted octanol–water partition coefficient (Wildman–Crippen LogP) is 3.83. The number of piperazine rings is 1. The molecule has 1 aliphatic heterocycles. The predicted molar refractivity (Wildman–Crippen MR) is 186 cm³/mol. The minimum Gasteiger partial charge on any atom is -0.363 e. The van der Waals surface area contributed by atoms with Crippen LogP contribution in [0.2, 0.25) is 0 Å². The summed E-state index contributed by atoms with van der Waals surface area (Å²) in [6, 6.07) is 16.5. The molecule has 0 spiro atoms. The van der Waals surface area contributed by atoms with Gasteiger partial charge in [0, 0.05) is 62.7 Å². The van der Waals surface area contributed by atoms with Crippen LogP contribution in [0.3, 0.4) is 0 Å². The quantitative estimate of drug-likeness (QED) is 0.0684. The van der Waals surface area contributed by atoms with Crippen molar-refractivity contribution in [2.45, 2.75) is 38.8 Å². The summed E-state index contributed by atoms with van der Waals surface area (Å²) in [5.41, 5.74) is -2.43. The molecule has 3 aromatic carbocycles. The monoisotopic (exact) mass is 749 g/mol. The maximum atomic E-state index is 15.1. The number of halogens is 4. The van der Waals surface area contributed by atoms with Gasteiger partial charge in [-0.15, -0.1) is 0 Å². The maximum Gasteiger partial charge on any atom is 0.416 e. The fraction of sp³-hybridized carbons (Fsp3) is 0.353. The number of hydrogen-bond acceptors (Lipinski definition) is 10. The number of aromatic nitrogens is 2. The van der Waals surface area contributed by atoms with Crippen LogP contribution < -0.4 is 21.5 Å². The SMILES string of the molecule is Cc1c(N2CCN(Cc3cccc([N+](=O)[O-])c3)CC2)c(=O)n(C[C@H](NCC[P+](O)(O)O)c2ccccc2)c(=O)n1Cc1c(F)cccc1C(F)(F)F. The molecule has 1 fully saturated rings. The van der Waals surface area contributed by atoms with Gasteiger partial charge in [-0.1, -0.05) is 48.5 Å². The van der Waals surface area contributed by atoms with Gasteiger partial charge in [-0.05, 0) is 30.2 Å². The molecule has 4 aromatic rings. The summed E-state index contributed by atoms with van der Waals surface area (Å²) in [6.07, 6.45) is -5.36. The third-order valence-corrected chi connectivity index (χ3v) is 9.81. The zero-order valence-corrected chi connectivity index (χ0v) is 28.9. The number of benzene rings is 3. The van der Waals surface area contributed by atoms with Gasteiger partial charge in [-0.3, -0.25) is 28.9 Å². The van der Waals surface area contributed by atoms with E-state index in [0.717, 1.165) is 27.3 Å². The van der Waals surface area contributed by atoms with Gasteiger partial charge in [0.15, 0.2) is 6.16 Å². The van der Waals surface area contributed by atoms with Crippen molar-refractivity contribution in [3.8, 4) is 0 Å². The zero-order valence-electron chi connectivity index (χ0n) is 28.0. The van der Waals surface area contributed by atoms with E-state index in [9.17, 15) is 47.6 Å². The summed E-state index contributed by atoms with van der Waals surface area (Å²) in [5, 5.41) is 14.3. The molecule has 0 bridgehead atoms. The van der Waals surface area contributed by atoms with Gasteiger partial charge in [-0.25, -0.2) is 9.18 Å². The molecule has 0 radical (unpaired) electrons. The number of rotatable bonds is 13. The van der Waals surface area contributed by atoms with Crippen LogP contribution in [0.5, 0.6) is 0 Å². The Hall–Kier alpha value is -4.51. The highest BCUT2D eigenvalue weighted by Crippen LogP contribution is 2.43. The van der Waals surface area contributed by atoms with E-state index in [1.807, 2.05) is 4.90 Å². The van der Waals surface area contributed by atoms with E-state index in [2.05, 4.69) is 5.32 Å². The molecule has 52 heavy (non-hydrogen) atoms. The first-order chi connectivity index (χ1) is 24.5. The van der Waals surface area contributed by atoms with Gasteiger partial charge >= 0.3 is 19.8 Å². The molecule has 1 aromatic heterocycles. The van der Waals surface area contributed by atoms with Crippen molar-refractivity contribution in [3.63, 3.8) is 0 Å². The first-order valence-electron chi connectivity index (χ1n) is 16.3. The molecular weight excluding hydrogens is 711 g/mol. The maximum absolute atomic E-state index is 15.1. The molecule has 0 aliphatic carbocycles. The van der Waals surface area contributed by atoms with Gasteiger partial charge in [0.2, 0.25) is 0 Å². The van der Waals surface area contributed by atoms with Crippen molar-refractivity contribution in [1.82, 2.24) is 19.4 Å². The Morgan fingerprint density at radius 2 is 1.60 bits per heavy atom. The molecule has 278 valence electrons. The molecule has 1 atom stereocenters. The van der Waals surface area contributed by atoms with Crippen molar-refractivity contribution in [1.29, 1.82) is 0 Å². The standard InChI is InChI=1S/C34H38F4N6O7P/c1-23-31(41-16-14-40(15-17-41)20-24-7-5-10-26(19-24)44(47)48)32(45)43(22-30(25-8-3-2-4-9-25)39-13-18-52(49,50)51)33(46)42(23)21-27-28(34(36,37)38)11-6-12-29(27)35/h2-12,19,30,39,49-51H,13-18,20-22H2,1H3/q+1/t30-/m0/s1. The highest BCUT2D eigenvalue weighted by molar-refractivity contribution is 7.58. The Bertz CT molecular complexity index is 2010. The number of nitro benzene ring substituents is 1. The summed E-state index contributed by atoms with van der Waals surface area (Å²) in [7, 11) is -4.17. The van der Waals surface area contributed by atoms with Crippen LogP contribution in [0.25, 0.3) is 0 Å². The van der Waals surface area contributed by atoms with E-state index >= 15 is 4.39 Å². The normalized spacial score (nSPS) is 14.8. The smallest absolute Gasteiger partial charge is 0.363 e. The lowest BCUT2D eigenvalue weighted by Crippen LogP contribution is -2.51. The Morgan fingerprint density at radius 1 is 0.923 bits per heavy atom. The van der Waals surface area contributed by atoms with Crippen molar-refractivity contribution in [2.24, 2.45) is 0 Å². The second-order valence-corrected chi connectivity index (χ2v) is 14.3. The molecule has 13 nitrogen and oxygen atoms in total. The first kappa shape index (κ1) is 38.7. The summed E-state index contributed by atoms with van der Waals surface area (Å²) in [6.45, 7) is 1.81. The molecular formula is C34H38F4N6O7P+. The summed E-state index contributed by atoms with van der Waals surface area (Å²) >= 11 is 0. The largest absolute Gasteiger partial charge is 0.416 e. The van der Waals surface area contributed by atoms with Crippen molar-refractivity contribution in [2.75, 3.05) is 43.8 Å². The fourth-order valence-corrected chi connectivity index (χ4v) is 6.77. The third kappa shape index (κ3) is 9.28. The number of nitro groups is 1. The molecule has 0 amide bonds. The first-order valence-corrected chi connectivity index (χ1v) is 18.1. The van der Waals surface area contributed by atoms with Gasteiger partial charge in [0.25, 0.3) is 11.2 Å². The van der Waals surface area contributed by atoms with Crippen LogP contribution in [-0.4, -0.2) is 72.5 Å². The average Bonchev–Trinajstić information content (AvgIpc) is 3.08. The summed E-state index contributed by atoms with van der Waals surface area (Å²) in [4.78, 5) is 71.6. The van der Waals surface area contributed by atoms with E-state index < -0.39 is 66.0 Å². The number of anilines is 1. The highest BCUT2D eigenvalue weighted by atomic mass is 31.2. The Labute approximate surface area is 295 Å². The Morgan fingerprint density at radius 3 is 2.23 bits per heavy atom. The van der Waals surface area contributed by atoms with Crippen LogP contribution in [0, 0.1) is 22.9 Å². The number of hydrogen-bond donors (Lipinski definition) is 4. The molecule has 4 N–H and O–H groups in total. The van der Waals surface area contributed by atoms with Crippen LogP contribution in [0.4, 0.5) is 28.9 Å². The van der Waals surface area contributed by atoms with Crippen molar-refractivity contribution >= 4 is 19.3 Å². The van der Waals surface area contributed by atoms with Crippen LogP contribution in [0.1, 0.15) is 34.0 Å². The zero-order chi connectivity index (χ0) is 37.8. The topological polar surface area (TPSA) is 166 Å². The highest BCUT2D eigenvalue weighted by Gasteiger charge is 2.36. The molecule has 5 rings (SSSR count). The Kier molecular flexibility index (Phi) is 11.9. The third-order valence-electron chi connectivity index (χ3n) is 8.98.